The van der Waals surface area contributed by atoms with Crippen molar-refractivity contribution in [2.75, 3.05) is 13.7 Å². The van der Waals surface area contributed by atoms with Crippen LogP contribution in [0.25, 0.3) is 0 Å². The molecular formula is C17H25NO4. The number of hydrogen-bond acceptors (Lipinski definition) is 4. The number of nitrogens with zero attached hydrogens (tertiary/aromatic N) is 1. The summed E-state index contributed by atoms with van der Waals surface area (Å²) in [5.74, 6) is 1.80. The van der Waals surface area contributed by atoms with Gasteiger partial charge >= 0.3 is 5.97 Å². The fourth-order valence-electron chi connectivity index (χ4n) is 6.07. The molecule has 5 heteroatoms. The molecule has 1 unspecified atom stereocenters. The van der Waals surface area contributed by atoms with Crippen molar-refractivity contribution in [1.82, 2.24) is 4.90 Å². The van der Waals surface area contributed by atoms with E-state index in [1.54, 1.807) is 4.90 Å². The number of carbonyl (C=O) groups is 2. The Balaban J connectivity index is 1.59. The van der Waals surface area contributed by atoms with E-state index >= 15 is 0 Å². The predicted octanol–water partition coefficient (Wildman–Crippen LogP) is 1.34. The molecule has 0 aromatic heterocycles. The van der Waals surface area contributed by atoms with Crippen LogP contribution in [0.3, 0.4) is 0 Å². The van der Waals surface area contributed by atoms with E-state index in [0.29, 0.717) is 24.2 Å². The highest BCUT2D eigenvalue weighted by molar-refractivity contribution is 5.89. The van der Waals surface area contributed by atoms with Gasteiger partial charge in [-0.2, -0.15) is 0 Å². The molecule has 5 rings (SSSR count). The summed E-state index contributed by atoms with van der Waals surface area (Å²) in [5, 5.41) is 9.94. The molecule has 5 aliphatic rings. The van der Waals surface area contributed by atoms with Gasteiger partial charge in [-0.15, -0.1) is 0 Å². The van der Waals surface area contributed by atoms with Crippen molar-refractivity contribution >= 4 is 11.9 Å². The maximum absolute atomic E-state index is 13.3. The Morgan fingerprint density at radius 2 is 1.59 bits per heavy atom. The topological polar surface area (TPSA) is 66.8 Å². The summed E-state index contributed by atoms with van der Waals surface area (Å²) in [6.07, 6.45) is 6.52. The lowest BCUT2D eigenvalue weighted by atomic mass is 9.49. The molecule has 122 valence electrons. The zero-order chi connectivity index (χ0) is 15.5. The minimum absolute atomic E-state index is 0.110. The standard InChI is InChI=1S/C17H25NO4/c1-22-15(20)14-5-13(19)9-18(14)16(21)17-6-10-2-11(7-17)4-12(3-10)8-17/h10-14,19H,2-9H2,1H3/t10?,11?,12?,13?,14-,17?/m0/s1. The van der Waals surface area contributed by atoms with E-state index < -0.39 is 18.1 Å². The van der Waals surface area contributed by atoms with E-state index in [1.165, 1.54) is 26.4 Å². The van der Waals surface area contributed by atoms with Gasteiger partial charge in [-0.1, -0.05) is 0 Å². The molecule has 5 nitrogen and oxygen atoms in total. The summed E-state index contributed by atoms with van der Waals surface area (Å²) in [4.78, 5) is 26.9. The van der Waals surface area contributed by atoms with Crippen LogP contribution in [0.1, 0.15) is 44.9 Å². The number of β-amino-alcohol motifs (C(OH)–C–C–N with tert-alkyl or cyclic N) is 1. The first-order chi connectivity index (χ1) is 10.5. The quantitative estimate of drug-likeness (QED) is 0.782. The minimum atomic E-state index is -0.609. The molecule has 0 aromatic carbocycles. The Morgan fingerprint density at radius 1 is 1.05 bits per heavy atom. The number of aliphatic hydroxyl groups is 1. The molecule has 22 heavy (non-hydrogen) atoms. The second-order valence-corrected chi connectivity index (χ2v) is 8.08. The molecule has 0 aromatic rings. The van der Waals surface area contributed by atoms with E-state index in [1.807, 2.05) is 0 Å². The fraction of sp³-hybridized carbons (Fsp3) is 0.882. The molecule has 1 heterocycles. The molecule has 1 aliphatic heterocycles. The first-order valence-corrected chi connectivity index (χ1v) is 8.58. The molecule has 0 radical (unpaired) electrons. The molecule has 4 bridgehead atoms. The van der Waals surface area contributed by atoms with E-state index in [4.69, 9.17) is 4.74 Å². The zero-order valence-electron chi connectivity index (χ0n) is 13.2. The summed E-state index contributed by atoms with van der Waals surface area (Å²) in [7, 11) is 1.35. The summed E-state index contributed by atoms with van der Waals surface area (Å²) >= 11 is 0. The van der Waals surface area contributed by atoms with Crippen LogP contribution in [0.5, 0.6) is 0 Å². The number of rotatable bonds is 2. The van der Waals surface area contributed by atoms with E-state index in [0.717, 1.165) is 19.3 Å². The number of likely N-dealkylation sites (tertiary alicyclic amines) is 1. The smallest absolute Gasteiger partial charge is 0.328 e. The van der Waals surface area contributed by atoms with Crippen LogP contribution in [0.4, 0.5) is 0 Å². The largest absolute Gasteiger partial charge is 0.467 e. The highest BCUT2D eigenvalue weighted by Gasteiger charge is 2.57. The Hall–Kier alpha value is -1.10. The summed E-state index contributed by atoms with van der Waals surface area (Å²) < 4.78 is 4.84. The third-order valence-corrected chi connectivity index (χ3v) is 6.51. The van der Waals surface area contributed by atoms with Crippen LogP contribution in [0, 0.1) is 23.2 Å². The molecule has 2 atom stereocenters. The SMILES string of the molecule is COC(=O)[C@@H]1CC(O)CN1C(=O)C12CC3CC(CC(C3)C1)C2. The number of ether oxygens (including phenoxy) is 1. The number of aliphatic hydroxyl groups excluding tert-OH is 1. The van der Waals surface area contributed by atoms with Gasteiger partial charge in [0, 0.05) is 13.0 Å². The van der Waals surface area contributed by atoms with Gasteiger partial charge in [0.15, 0.2) is 0 Å². The van der Waals surface area contributed by atoms with E-state index in [-0.39, 0.29) is 17.9 Å². The lowest BCUT2D eigenvalue weighted by Crippen LogP contribution is -2.56. The van der Waals surface area contributed by atoms with Crippen LogP contribution < -0.4 is 0 Å². The molecule has 4 aliphatic carbocycles. The number of carbonyl (C=O) groups excluding carboxylic acids is 2. The average molecular weight is 307 g/mol. The molecule has 1 amide bonds. The summed E-state index contributed by atoms with van der Waals surface area (Å²) in [6.45, 7) is 0.278. The maximum atomic E-state index is 13.3. The third kappa shape index (κ3) is 2.08. The second-order valence-electron chi connectivity index (χ2n) is 8.08. The van der Waals surface area contributed by atoms with Crippen molar-refractivity contribution in [3.8, 4) is 0 Å². The van der Waals surface area contributed by atoms with Crippen LogP contribution in [0.2, 0.25) is 0 Å². The molecule has 0 spiro atoms. The Morgan fingerprint density at radius 3 is 2.09 bits per heavy atom. The van der Waals surface area contributed by atoms with Crippen molar-refractivity contribution in [3.05, 3.63) is 0 Å². The number of hydrogen-bond donors (Lipinski definition) is 1. The van der Waals surface area contributed by atoms with Gasteiger partial charge in [-0.05, 0) is 56.3 Å². The van der Waals surface area contributed by atoms with Gasteiger partial charge < -0.3 is 14.7 Å². The highest BCUT2D eigenvalue weighted by Crippen LogP contribution is 2.60. The molecule has 5 fully saturated rings. The molecule has 4 saturated carbocycles. The van der Waals surface area contributed by atoms with Crippen molar-refractivity contribution in [1.29, 1.82) is 0 Å². The van der Waals surface area contributed by atoms with Crippen molar-refractivity contribution in [2.45, 2.75) is 57.1 Å². The van der Waals surface area contributed by atoms with E-state index in [2.05, 4.69) is 0 Å². The van der Waals surface area contributed by atoms with Gasteiger partial charge in [0.25, 0.3) is 0 Å². The predicted molar refractivity (Wildman–Crippen MR) is 78.7 cm³/mol. The molecular weight excluding hydrogens is 282 g/mol. The number of amides is 1. The lowest BCUT2D eigenvalue weighted by Gasteiger charge is -2.56. The first kappa shape index (κ1) is 14.5. The van der Waals surface area contributed by atoms with Gasteiger partial charge in [0.1, 0.15) is 6.04 Å². The van der Waals surface area contributed by atoms with Crippen LogP contribution >= 0.6 is 0 Å². The number of esters is 1. The van der Waals surface area contributed by atoms with Crippen molar-refractivity contribution in [2.24, 2.45) is 23.2 Å². The number of methoxy groups -OCH3 is 1. The maximum Gasteiger partial charge on any atom is 0.328 e. The molecule has 1 N–H and O–H groups in total. The van der Waals surface area contributed by atoms with Gasteiger partial charge in [-0.25, -0.2) is 4.79 Å². The fourth-order valence-corrected chi connectivity index (χ4v) is 6.07. The minimum Gasteiger partial charge on any atom is -0.467 e. The zero-order valence-corrected chi connectivity index (χ0v) is 13.2. The Kier molecular flexibility index (Phi) is 3.26. The summed E-state index contributed by atoms with van der Waals surface area (Å²) in [5.41, 5.74) is -0.259. The van der Waals surface area contributed by atoms with Gasteiger partial charge in [-0.3, -0.25) is 4.79 Å². The Bertz CT molecular complexity index is 468. The highest BCUT2D eigenvalue weighted by atomic mass is 16.5. The molecule has 1 saturated heterocycles. The van der Waals surface area contributed by atoms with Gasteiger partial charge in [0.05, 0.1) is 18.6 Å². The van der Waals surface area contributed by atoms with Crippen molar-refractivity contribution in [3.63, 3.8) is 0 Å². The van der Waals surface area contributed by atoms with Crippen LogP contribution in [-0.4, -0.2) is 47.7 Å². The van der Waals surface area contributed by atoms with Crippen molar-refractivity contribution < 1.29 is 19.4 Å². The van der Waals surface area contributed by atoms with Gasteiger partial charge in [0.2, 0.25) is 5.91 Å². The first-order valence-electron chi connectivity index (χ1n) is 8.58. The lowest BCUT2D eigenvalue weighted by molar-refractivity contribution is -0.164. The normalized spacial score (nSPS) is 46.1. The Labute approximate surface area is 131 Å². The third-order valence-electron chi connectivity index (χ3n) is 6.51. The van der Waals surface area contributed by atoms with E-state index in [9.17, 15) is 14.7 Å². The van der Waals surface area contributed by atoms with Crippen LogP contribution in [-0.2, 0) is 14.3 Å². The van der Waals surface area contributed by atoms with Crippen LogP contribution in [0.15, 0.2) is 0 Å². The second kappa shape index (κ2) is 4.95. The monoisotopic (exact) mass is 307 g/mol. The summed E-state index contributed by atoms with van der Waals surface area (Å²) in [6, 6.07) is -0.597. The average Bonchev–Trinajstić information content (AvgIpc) is 2.86.